The molecule has 12 heteroatoms. The van der Waals surface area contributed by atoms with Gasteiger partial charge in [0, 0.05) is 50.1 Å². The highest BCUT2D eigenvalue weighted by Crippen LogP contribution is 2.16. The molecule has 186 valence electrons. The lowest BCUT2D eigenvalue weighted by Gasteiger charge is -2.14. The van der Waals surface area contributed by atoms with Crippen molar-refractivity contribution in [1.82, 2.24) is 10.6 Å². The second-order valence-corrected chi connectivity index (χ2v) is 7.75. The molecule has 2 aromatic rings. The lowest BCUT2D eigenvalue weighted by molar-refractivity contribution is -0.123. The van der Waals surface area contributed by atoms with Crippen molar-refractivity contribution >= 4 is 11.8 Å². The lowest BCUT2D eigenvalue weighted by Crippen LogP contribution is -2.39. The molecule has 0 aliphatic carbocycles. The summed E-state index contributed by atoms with van der Waals surface area (Å²) in [6.45, 7) is 0.0632. The minimum Gasteiger partial charge on any atom is -0.354 e. The maximum atomic E-state index is 13.7. The van der Waals surface area contributed by atoms with Gasteiger partial charge in [0.05, 0.1) is 0 Å². The Hall–Kier alpha value is -3.12. The third kappa shape index (κ3) is 8.34. The van der Waals surface area contributed by atoms with E-state index < -0.39 is 58.8 Å². The first-order valence-corrected chi connectivity index (χ1v) is 10.3. The Morgan fingerprint density at radius 3 is 1.29 bits per heavy atom. The summed E-state index contributed by atoms with van der Waals surface area (Å²) in [5.41, 5.74) is 11.2. The van der Waals surface area contributed by atoms with Crippen molar-refractivity contribution in [3.05, 3.63) is 70.3 Å². The van der Waals surface area contributed by atoms with Crippen molar-refractivity contribution in [2.75, 3.05) is 13.1 Å². The minimum atomic E-state index is -1.33. The number of halogens is 6. The van der Waals surface area contributed by atoms with Crippen LogP contribution in [0.1, 0.15) is 24.0 Å². The fourth-order valence-corrected chi connectivity index (χ4v) is 3.17. The monoisotopic (exact) mass is 490 g/mol. The summed E-state index contributed by atoms with van der Waals surface area (Å²) >= 11 is 0. The number of hydrogen-bond acceptors (Lipinski definition) is 4. The van der Waals surface area contributed by atoms with Gasteiger partial charge in [-0.15, -0.1) is 0 Å². The predicted octanol–water partition coefficient (Wildman–Crippen LogP) is 1.97. The second kappa shape index (κ2) is 12.4. The molecule has 0 spiro atoms. The van der Waals surface area contributed by atoms with Crippen LogP contribution in [-0.2, 0) is 22.4 Å². The van der Waals surface area contributed by atoms with Crippen molar-refractivity contribution in [2.24, 2.45) is 11.5 Å². The minimum absolute atomic E-state index is 0.0316. The largest absolute Gasteiger partial charge is 0.354 e. The molecule has 0 aliphatic rings. The number of carbonyl (C=O) groups is 2. The molecule has 2 amide bonds. The van der Waals surface area contributed by atoms with Gasteiger partial charge in [-0.2, -0.15) is 0 Å². The average Bonchev–Trinajstić information content (AvgIpc) is 2.73. The highest BCUT2D eigenvalue weighted by atomic mass is 19.2. The normalized spacial score (nSPS) is 12.8. The molecular weight excluding hydrogens is 466 g/mol. The first-order valence-electron chi connectivity index (χ1n) is 10.3. The van der Waals surface area contributed by atoms with E-state index in [1.165, 1.54) is 0 Å². The van der Waals surface area contributed by atoms with Gasteiger partial charge in [0.2, 0.25) is 11.8 Å². The van der Waals surface area contributed by atoms with E-state index in [1.54, 1.807) is 0 Å². The van der Waals surface area contributed by atoms with Crippen LogP contribution in [0.4, 0.5) is 26.3 Å². The summed E-state index contributed by atoms with van der Waals surface area (Å²) in [5.74, 6) is -8.05. The molecule has 34 heavy (non-hydrogen) atoms. The van der Waals surface area contributed by atoms with Crippen LogP contribution in [0.3, 0.4) is 0 Å². The zero-order chi connectivity index (χ0) is 25.4. The molecule has 0 saturated carbocycles. The number of nitrogens with two attached hydrogens (primary N) is 2. The van der Waals surface area contributed by atoms with Gasteiger partial charge in [-0.3, -0.25) is 9.59 Å². The van der Waals surface area contributed by atoms with E-state index >= 15 is 0 Å². The summed E-state index contributed by atoms with van der Waals surface area (Å²) in [5, 5.41) is 4.96. The van der Waals surface area contributed by atoms with E-state index in [9.17, 15) is 35.9 Å². The molecule has 2 aromatic carbocycles. The number of benzene rings is 2. The summed E-state index contributed by atoms with van der Waals surface area (Å²) in [6.07, 6.45) is -0.832. The fraction of sp³-hybridized carbons (Fsp3) is 0.364. The number of rotatable bonds is 11. The van der Waals surface area contributed by atoms with E-state index in [0.29, 0.717) is 24.3 Å². The molecule has 0 aliphatic heterocycles. The molecule has 0 fully saturated rings. The van der Waals surface area contributed by atoms with Crippen molar-refractivity contribution < 1.29 is 35.9 Å². The third-order valence-electron chi connectivity index (χ3n) is 4.81. The molecule has 0 bridgehead atoms. The summed E-state index contributed by atoms with van der Waals surface area (Å²) in [4.78, 5) is 23.8. The zero-order valence-electron chi connectivity index (χ0n) is 17.9. The molecule has 0 aromatic heterocycles. The highest BCUT2D eigenvalue weighted by Gasteiger charge is 2.17. The van der Waals surface area contributed by atoms with Gasteiger partial charge in [-0.25, -0.2) is 26.3 Å². The first kappa shape index (κ1) is 27.1. The van der Waals surface area contributed by atoms with E-state index in [-0.39, 0.29) is 49.9 Å². The van der Waals surface area contributed by atoms with Crippen LogP contribution >= 0.6 is 0 Å². The molecule has 2 atom stereocenters. The maximum absolute atomic E-state index is 13.7. The van der Waals surface area contributed by atoms with E-state index in [0.717, 1.165) is 0 Å². The lowest BCUT2D eigenvalue weighted by atomic mass is 10.0. The van der Waals surface area contributed by atoms with Gasteiger partial charge in [0.25, 0.3) is 0 Å². The van der Waals surface area contributed by atoms with Crippen LogP contribution in [0.25, 0.3) is 0 Å². The Morgan fingerprint density at radius 2 is 0.941 bits per heavy atom. The number of nitrogens with one attached hydrogen (secondary N) is 2. The SMILES string of the molecule is NC(CC(=O)NCCNC(=O)C[C@H](N)Cc1cc(F)c(F)cc1F)Cc1cc(F)c(F)cc1F. The fourth-order valence-electron chi connectivity index (χ4n) is 3.17. The summed E-state index contributed by atoms with van der Waals surface area (Å²) in [7, 11) is 0. The number of carbonyl (C=O) groups excluding carboxylic acids is 2. The standard InChI is InChI=1S/C22H24F6N4O2/c23-15-9-19(27)17(25)5-11(15)3-13(29)7-21(33)31-1-2-32-22(34)8-14(30)4-12-6-18(26)20(28)10-16(12)24/h5-6,9-10,13-14H,1-4,7-8,29-30H2,(H,31,33)(H,32,34)/t13-,14?/m1/s1. The molecule has 6 N–H and O–H groups in total. The van der Waals surface area contributed by atoms with E-state index in [4.69, 9.17) is 11.5 Å². The Labute approximate surface area is 191 Å². The third-order valence-corrected chi connectivity index (χ3v) is 4.81. The van der Waals surface area contributed by atoms with Crippen LogP contribution in [0.2, 0.25) is 0 Å². The van der Waals surface area contributed by atoms with Crippen LogP contribution in [0.5, 0.6) is 0 Å². The van der Waals surface area contributed by atoms with Crippen molar-refractivity contribution in [3.63, 3.8) is 0 Å². The highest BCUT2D eigenvalue weighted by molar-refractivity contribution is 5.77. The predicted molar refractivity (Wildman–Crippen MR) is 111 cm³/mol. The quantitative estimate of drug-likeness (QED) is 0.219. The van der Waals surface area contributed by atoms with Crippen molar-refractivity contribution in [2.45, 2.75) is 37.8 Å². The van der Waals surface area contributed by atoms with Gasteiger partial charge in [0.1, 0.15) is 11.6 Å². The molecule has 2 rings (SSSR count). The van der Waals surface area contributed by atoms with Crippen LogP contribution in [0, 0.1) is 34.9 Å². The maximum Gasteiger partial charge on any atom is 0.221 e. The average molecular weight is 490 g/mol. The van der Waals surface area contributed by atoms with E-state index in [1.807, 2.05) is 0 Å². The molecule has 1 unspecified atom stereocenters. The van der Waals surface area contributed by atoms with Gasteiger partial charge in [-0.05, 0) is 36.1 Å². The van der Waals surface area contributed by atoms with Crippen LogP contribution < -0.4 is 22.1 Å². The van der Waals surface area contributed by atoms with Gasteiger partial charge < -0.3 is 22.1 Å². The smallest absolute Gasteiger partial charge is 0.221 e. The van der Waals surface area contributed by atoms with Crippen molar-refractivity contribution in [3.8, 4) is 0 Å². The Balaban J connectivity index is 1.67. The van der Waals surface area contributed by atoms with Crippen LogP contribution in [0.15, 0.2) is 24.3 Å². The molecule has 0 radical (unpaired) electrons. The van der Waals surface area contributed by atoms with Gasteiger partial charge >= 0.3 is 0 Å². The summed E-state index contributed by atoms with van der Waals surface area (Å²) < 4.78 is 79.7. The van der Waals surface area contributed by atoms with E-state index in [2.05, 4.69) is 10.6 Å². The van der Waals surface area contributed by atoms with Gasteiger partial charge in [0.15, 0.2) is 23.3 Å². The van der Waals surface area contributed by atoms with Gasteiger partial charge in [-0.1, -0.05) is 0 Å². The Morgan fingerprint density at radius 1 is 0.618 bits per heavy atom. The molecule has 6 nitrogen and oxygen atoms in total. The van der Waals surface area contributed by atoms with Crippen molar-refractivity contribution in [1.29, 1.82) is 0 Å². The number of hydrogen-bond donors (Lipinski definition) is 4. The topological polar surface area (TPSA) is 110 Å². The molecular formula is C22H24F6N4O2. The zero-order valence-corrected chi connectivity index (χ0v) is 17.9. The molecule has 0 heterocycles. The first-order chi connectivity index (χ1) is 16.0. The molecule has 0 saturated heterocycles. The number of amides is 2. The Kier molecular flexibility index (Phi) is 9.87. The van der Waals surface area contributed by atoms with Crippen LogP contribution in [-0.4, -0.2) is 37.0 Å². The second-order valence-electron chi connectivity index (χ2n) is 7.75. The summed E-state index contributed by atoms with van der Waals surface area (Å²) in [6, 6.07) is 0.459. The Bertz CT molecular complexity index is 955.